The van der Waals surface area contributed by atoms with Crippen LogP contribution in [-0.2, 0) is 24.0 Å². The number of hydrogen-bond acceptors (Lipinski definition) is 13. The summed E-state index contributed by atoms with van der Waals surface area (Å²) in [4.78, 5) is 67.8. The fraction of sp³-hybridized carbons (Fsp3) is 0.615. The summed E-state index contributed by atoms with van der Waals surface area (Å²) in [5.74, 6) is 1.45. The van der Waals surface area contributed by atoms with Gasteiger partial charge in [0.15, 0.2) is 0 Å². The van der Waals surface area contributed by atoms with Crippen LogP contribution < -0.4 is 15.1 Å². The summed E-state index contributed by atoms with van der Waals surface area (Å²) in [5, 5.41) is 12.9. The van der Waals surface area contributed by atoms with E-state index in [9.17, 15) is 14.4 Å². The summed E-state index contributed by atoms with van der Waals surface area (Å²) in [6.45, 7) is 13.6. The van der Waals surface area contributed by atoms with E-state index in [1.165, 1.54) is 0 Å². The Labute approximate surface area is 355 Å². The van der Waals surface area contributed by atoms with Gasteiger partial charge < -0.3 is 44.2 Å². The van der Waals surface area contributed by atoms with Crippen molar-refractivity contribution in [2.24, 2.45) is 10.3 Å². The number of nitrogens with one attached hydrogen (secondary N) is 1. The molecule has 0 radical (unpaired) electrons. The topological polar surface area (TPSA) is 158 Å². The number of anilines is 2. The molecule has 0 aliphatic carbocycles. The predicted molar refractivity (Wildman–Crippen MR) is 224 cm³/mol. The quantitative estimate of drug-likeness (QED) is 0.457. The Kier molecular flexibility index (Phi) is 13.8. The van der Waals surface area contributed by atoms with Crippen molar-refractivity contribution in [1.82, 2.24) is 30.0 Å². The summed E-state index contributed by atoms with van der Waals surface area (Å²) >= 11 is 12.5. The highest BCUT2D eigenvalue weighted by molar-refractivity contribution is 6.39. The normalized spacial score (nSPS) is 21.2. The van der Waals surface area contributed by atoms with Gasteiger partial charge in [0.05, 0.1) is 10.0 Å². The number of pyridine rings is 2. The molecule has 1 N–H and O–H groups in total. The number of carbonyl (C=O) groups excluding carboxylic acids is 3. The van der Waals surface area contributed by atoms with Crippen LogP contribution in [0.15, 0.2) is 47.0 Å². The highest BCUT2D eigenvalue weighted by Gasteiger charge is 2.46. The van der Waals surface area contributed by atoms with E-state index in [0.717, 1.165) is 37.6 Å². The Morgan fingerprint density at radius 3 is 1.52 bits per heavy atom. The lowest BCUT2D eigenvalue weighted by atomic mass is 9.86. The number of aromatic nitrogens is 2. The number of amides is 3. The van der Waals surface area contributed by atoms with Crippen molar-refractivity contribution in [3.05, 3.63) is 46.7 Å². The van der Waals surface area contributed by atoms with Crippen LogP contribution in [0.2, 0.25) is 10.0 Å². The highest BCUT2D eigenvalue weighted by atomic mass is 35.5. The second-order valence-corrected chi connectivity index (χ2v) is 17.2. The number of ether oxygens (including phenoxy) is 1. The van der Waals surface area contributed by atoms with Crippen LogP contribution in [0.5, 0.6) is 0 Å². The molecular formula is C39H53Cl3N10O6. The van der Waals surface area contributed by atoms with Crippen LogP contribution in [-0.4, -0.2) is 149 Å². The highest BCUT2D eigenvalue weighted by Crippen LogP contribution is 2.36. The zero-order chi connectivity index (χ0) is 40.2. The largest absolute Gasteiger partial charge is 0.444 e. The first-order chi connectivity index (χ1) is 27.3. The van der Waals surface area contributed by atoms with E-state index in [1.807, 2.05) is 48.8 Å². The first-order valence-electron chi connectivity index (χ1n) is 19.8. The van der Waals surface area contributed by atoms with E-state index >= 15 is 0 Å². The van der Waals surface area contributed by atoms with Crippen molar-refractivity contribution in [3.63, 3.8) is 0 Å². The minimum atomic E-state index is -0.523. The van der Waals surface area contributed by atoms with Crippen molar-refractivity contribution in [2.75, 3.05) is 88.3 Å². The molecule has 19 heteroatoms. The number of hydrogen-bond donors (Lipinski definition) is 1. The molecule has 0 unspecified atom stereocenters. The van der Waals surface area contributed by atoms with E-state index in [4.69, 9.17) is 37.6 Å². The van der Waals surface area contributed by atoms with E-state index < -0.39 is 11.2 Å². The lowest BCUT2D eigenvalue weighted by Gasteiger charge is -2.38. The Bertz CT molecular complexity index is 1850. The van der Waals surface area contributed by atoms with Crippen LogP contribution in [0.1, 0.15) is 59.3 Å². The van der Waals surface area contributed by atoms with Gasteiger partial charge in [0.25, 0.3) is 11.8 Å². The third-order valence-corrected chi connectivity index (χ3v) is 11.8. The number of piperidine rings is 2. The Balaban J connectivity index is 0.000000198. The van der Waals surface area contributed by atoms with Crippen molar-refractivity contribution in [1.29, 1.82) is 0 Å². The number of likely N-dealkylation sites (tertiary alicyclic amines) is 1. The van der Waals surface area contributed by atoms with Crippen molar-refractivity contribution in [3.8, 4) is 0 Å². The van der Waals surface area contributed by atoms with Crippen molar-refractivity contribution in [2.45, 2.75) is 76.1 Å². The van der Waals surface area contributed by atoms with Gasteiger partial charge in [0.2, 0.25) is 0 Å². The van der Waals surface area contributed by atoms with Crippen LogP contribution in [0.3, 0.4) is 0 Å². The van der Waals surface area contributed by atoms with Gasteiger partial charge in [-0.3, -0.25) is 9.59 Å². The minimum Gasteiger partial charge on any atom is -0.444 e. The van der Waals surface area contributed by atoms with Crippen LogP contribution >= 0.6 is 35.6 Å². The molecule has 2 spiro atoms. The number of rotatable bonds is 4. The smallest absolute Gasteiger partial charge is 0.410 e. The van der Waals surface area contributed by atoms with E-state index in [0.29, 0.717) is 113 Å². The average Bonchev–Trinajstić information content (AvgIpc) is 3.82. The second-order valence-electron chi connectivity index (χ2n) is 16.4. The van der Waals surface area contributed by atoms with Gasteiger partial charge in [-0.2, -0.15) is 0 Å². The number of oxime groups is 2. The molecule has 2 aromatic rings. The molecule has 4 fully saturated rings. The molecule has 0 bridgehead atoms. The molecule has 316 valence electrons. The van der Waals surface area contributed by atoms with Crippen molar-refractivity contribution < 1.29 is 28.8 Å². The van der Waals surface area contributed by atoms with Crippen LogP contribution in [0.25, 0.3) is 0 Å². The molecular weight excluding hydrogens is 811 g/mol. The molecule has 0 saturated carbocycles. The lowest BCUT2D eigenvalue weighted by Crippen LogP contribution is -2.52. The molecule has 6 aliphatic heterocycles. The number of halogens is 3. The van der Waals surface area contributed by atoms with Gasteiger partial charge in [-0.15, -0.1) is 12.4 Å². The summed E-state index contributed by atoms with van der Waals surface area (Å²) in [7, 11) is 0. The standard InChI is InChI=1S/C22H30ClN5O4.C17H22ClN5O2.ClH/c1-21(2,3)31-20(30)28-9-6-22(7-10-28)15-17(25-32-22)19(29)27-13-11-26(12-14-27)18-16(23)5-4-8-24-18;18-13-2-1-5-20-15(13)22-8-10-23(11-9-22)16(24)14-12-17(25-21-14)3-6-19-7-4-17;/h4-5,8H,6-7,9-15H2,1-3H3;1-2,5,19H,3-4,6-12H2;1H. The van der Waals surface area contributed by atoms with Crippen LogP contribution in [0.4, 0.5) is 16.4 Å². The maximum Gasteiger partial charge on any atom is 0.410 e. The summed E-state index contributed by atoms with van der Waals surface area (Å²) in [5.41, 5.74) is -0.275. The molecule has 8 rings (SSSR count). The number of piperazine rings is 2. The SMILES string of the molecule is CC(C)(C)OC(=O)N1CCC2(CC1)CC(C(=O)N1CCN(c3ncccc3Cl)CC1)=NO2.Cl.O=C(C1=NOC2(CCNCC2)C1)N1CCN(c2ncccc2Cl)CC1. The monoisotopic (exact) mass is 862 g/mol. The zero-order valence-electron chi connectivity index (χ0n) is 33.3. The molecule has 8 heterocycles. The number of nitrogens with zero attached hydrogens (tertiary/aromatic N) is 9. The second kappa shape index (κ2) is 18.4. The maximum absolute atomic E-state index is 13.0. The summed E-state index contributed by atoms with van der Waals surface area (Å²) in [6.07, 6.45) is 7.29. The summed E-state index contributed by atoms with van der Waals surface area (Å²) < 4.78 is 5.45. The van der Waals surface area contributed by atoms with Gasteiger partial charge >= 0.3 is 6.09 Å². The third kappa shape index (κ3) is 10.2. The average molecular weight is 864 g/mol. The molecule has 6 aliphatic rings. The first kappa shape index (κ1) is 43.5. The van der Waals surface area contributed by atoms with E-state index in [1.54, 1.807) is 23.4 Å². The predicted octanol–water partition coefficient (Wildman–Crippen LogP) is 4.63. The fourth-order valence-electron chi connectivity index (χ4n) is 7.94. The van der Waals surface area contributed by atoms with E-state index in [-0.39, 0.29) is 35.9 Å². The molecule has 4 saturated heterocycles. The zero-order valence-corrected chi connectivity index (χ0v) is 35.7. The fourth-order valence-corrected chi connectivity index (χ4v) is 8.42. The molecule has 0 aromatic carbocycles. The van der Waals surface area contributed by atoms with E-state index in [2.05, 4.69) is 35.4 Å². The maximum atomic E-state index is 13.0. The Morgan fingerprint density at radius 2 is 1.10 bits per heavy atom. The lowest BCUT2D eigenvalue weighted by molar-refractivity contribution is -0.125. The molecule has 3 amide bonds. The molecule has 2 aromatic heterocycles. The molecule has 16 nitrogen and oxygen atoms in total. The first-order valence-corrected chi connectivity index (χ1v) is 20.6. The van der Waals surface area contributed by atoms with Gasteiger partial charge in [-0.25, -0.2) is 14.8 Å². The summed E-state index contributed by atoms with van der Waals surface area (Å²) in [6, 6.07) is 7.28. The van der Waals surface area contributed by atoms with Gasteiger partial charge in [-0.05, 0) is 58.1 Å². The Hall–Kier alpha value is -4.12. The number of carbonyl (C=O) groups is 3. The minimum absolute atomic E-state index is 0. The van der Waals surface area contributed by atoms with Crippen molar-refractivity contribution >= 4 is 76.6 Å². The Morgan fingerprint density at radius 1 is 0.672 bits per heavy atom. The molecule has 0 atom stereocenters. The van der Waals surface area contributed by atoms with Gasteiger partial charge in [0, 0.05) is 116 Å². The van der Waals surface area contributed by atoms with Gasteiger partial charge in [-0.1, -0.05) is 33.5 Å². The van der Waals surface area contributed by atoms with Gasteiger partial charge in [0.1, 0.15) is 39.9 Å². The molecule has 58 heavy (non-hydrogen) atoms. The third-order valence-electron chi connectivity index (χ3n) is 11.2. The van der Waals surface area contributed by atoms with Crippen LogP contribution in [0, 0.1) is 0 Å².